The Kier molecular flexibility index (Phi) is 4.08. The fraction of sp³-hybridized carbons (Fsp3) is 0.800. The van der Waals surface area contributed by atoms with Crippen LogP contribution in [0.4, 0.5) is 4.79 Å². The average Bonchev–Trinajstić information content (AvgIpc) is 2.96. The molecule has 1 atom stereocenters. The summed E-state index contributed by atoms with van der Waals surface area (Å²) in [5.74, 6) is 1.61. The van der Waals surface area contributed by atoms with Crippen LogP contribution >= 0.6 is 0 Å². The van der Waals surface area contributed by atoms with E-state index in [9.17, 15) is 4.79 Å². The molecule has 0 unspecified atom stereocenters. The first-order chi connectivity index (χ1) is 10.5. The summed E-state index contributed by atoms with van der Waals surface area (Å²) >= 11 is 0. The molecular weight excluding hydrogens is 284 g/mol. The second kappa shape index (κ2) is 5.87. The molecule has 0 N–H and O–H groups in total. The monoisotopic (exact) mass is 308 g/mol. The summed E-state index contributed by atoms with van der Waals surface area (Å²) in [4.78, 5) is 15.6. The standard InChI is InChI=1S/C15H24N4O3/c1-11(2)13-17-16-12(21-13)9-19-7-4-5-15(6-8-19)10-18(3)14(20)22-15/h11H,4-10H2,1-3H3/t15-/m1/s1. The second-order valence-corrected chi connectivity index (χ2v) is 6.73. The van der Waals surface area contributed by atoms with Crippen molar-refractivity contribution in [3.05, 3.63) is 11.8 Å². The lowest BCUT2D eigenvalue weighted by Gasteiger charge is -2.25. The molecule has 122 valence electrons. The maximum absolute atomic E-state index is 11.7. The van der Waals surface area contributed by atoms with Crippen molar-refractivity contribution in [1.29, 1.82) is 0 Å². The molecule has 22 heavy (non-hydrogen) atoms. The fourth-order valence-electron chi connectivity index (χ4n) is 3.19. The molecule has 1 spiro atoms. The highest BCUT2D eigenvalue weighted by Gasteiger charge is 2.44. The molecule has 7 heteroatoms. The maximum atomic E-state index is 11.7. The van der Waals surface area contributed by atoms with Crippen molar-refractivity contribution in [2.24, 2.45) is 0 Å². The third-order valence-corrected chi connectivity index (χ3v) is 4.47. The van der Waals surface area contributed by atoms with Crippen LogP contribution in [-0.2, 0) is 11.3 Å². The molecule has 2 saturated heterocycles. The van der Waals surface area contributed by atoms with Crippen LogP contribution in [0.5, 0.6) is 0 Å². The lowest BCUT2D eigenvalue weighted by molar-refractivity contribution is 0.0440. The van der Waals surface area contributed by atoms with Crippen LogP contribution in [0.1, 0.15) is 50.8 Å². The van der Waals surface area contributed by atoms with Gasteiger partial charge in [-0.15, -0.1) is 10.2 Å². The minimum atomic E-state index is -0.307. The molecule has 3 heterocycles. The summed E-state index contributed by atoms with van der Waals surface area (Å²) < 4.78 is 11.3. The number of rotatable bonds is 3. The van der Waals surface area contributed by atoms with E-state index in [4.69, 9.17) is 9.15 Å². The first-order valence-corrected chi connectivity index (χ1v) is 7.96. The zero-order valence-electron chi connectivity index (χ0n) is 13.5. The number of hydrogen-bond donors (Lipinski definition) is 0. The molecule has 1 aromatic heterocycles. The molecule has 0 saturated carbocycles. The first-order valence-electron chi connectivity index (χ1n) is 7.96. The Morgan fingerprint density at radius 3 is 2.73 bits per heavy atom. The SMILES string of the molecule is CC(C)c1nnc(CN2CCC[C@@]3(CC2)CN(C)C(=O)O3)o1. The third kappa shape index (κ3) is 3.09. The van der Waals surface area contributed by atoms with Gasteiger partial charge in [0, 0.05) is 25.9 Å². The molecule has 3 rings (SSSR count). The van der Waals surface area contributed by atoms with Crippen molar-refractivity contribution in [3.8, 4) is 0 Å². The molecule has 7 nitrogen and oxygen atoms in total. The number of aromatic nitrogens is 2. The van der Waals surface area contributed by atoms with Gasteiger partial charge < -0.3 is 14.1 Å². The lowest BCUT2D eigenvalue weighted by Crippen LogP contribution is -2.35. The van der Waals surface area contributed by atoms with Gasteiger partial charge in [-0.05, 0) is 19.4 Å². The minimum Gasteiger partial charge on any atom is -0.441 e. The summed E-state index contributed by atoms with van der Waals surface area (Å²) in [5, 5.41) is 8.20. The number of nitrogens with zero attached hydrogens (tertiary/aromatic N) is 4. The highest BCUT2D eigenvalue weighted by Crippen LogP contribution is 2.32. The van der Waals surface area contributed by atoms with E-state index in [0.717, 1.165) is 32.4 Å². The molecule has 0 bridgehead atoms. The van der Waals surface area contributed by atoms with Crippen LogP contribution < -0.4 is 0 Å². The van der Waals surface area contributed by atoms with E-state index in [-0.39, 0.29) is 17.6 Å². The van der Waals surface area contributed by atoms with Crippen LogP contribution in [0, 0.1) is 0 Å². The van der Waals surface area contributed by atoms with Crippen molar-refractivity contribution >= 4 is 6.09 Å². The summed E-state index contributed by atoms with van der Waals surface area (Å²) in [6, 6.07) is 0. The largest absolute Gasteiger partial charge is 0.441 e. The van der Waals surface area contributed by atoms with Crippen molar-refractivity contribution < 1.29 is 13.9 Å². The Balaban J connectivity index is 1.59. The van der Waals surface area contributed by atoms with Crippen molar-refractivity contribution in [3.63, 3.8) is 0 Å². The van der Waals surface area contributed by atoms with Gasteiger partial charge in [0.1, 0.15) is 5.60 Å². The van der Waals surface area contributed by atoms with Gasteiger partial charge in [0.15, 0.2) is 0 Å². The highest BCUT2D eigenvalue weighted by molar-refractivity contribution is 5.70. The van der Waals surface area contributed by atoms with Gasteiger partial charge in [-0.2, -0.15) is 0 Å². The van der Waals surface area contributed by atoms with Crippen molar-refractivity contribution in [2.75, 3.05) is 26.7 Å². The Labute approximate surface area is 130 Å². The third-order valence-electron chi connectivity index (χ3n) is 4.47. The number of ether oxygens (including phenoxy) is 1. The molecule has 1 amide bonds. The normalized spacial score (nSPS) is 26.7. The van der Waals surface area contributed by atoms with Crippen LogP contribution in [0.2, 0.25) is 0 Å². The highest BCUT2D eigenvalue weighted by atomic mass is 16.6. The average molecular weight is 308 g/mol. The van der Waals surface area contributed by atoms with Crippen LogP contribution in [-0.4, -0.2) is 58.4 Å². The Morgan fingerprint density at radius 1 is 1.27 bits per heavy atom. The molecule has 1 aromatic rings. The van der Waals surface area contributed by atoms with E-state index in [2.05, 4.69) is 15.1 Å². The quantitative estimate of drug-likeness (QED) is 0.850. The Bertz CT molecular complexity index is 545. The second-order valence-electron chi connectivity index (χ2n) is 6.73. The van der Waals surface area contributed by atoms with Gasteiger partial charge in [-0.25, -0.2) is 4.79 Å². The zero-order valence-corrected chi connectivity index (χ0v) is 13.5. The fourth-order valence-corrected chi connectivity index (χ4v) is 3.19. The number of carbonyl (C=O) groups excluding carboxylic acids is 1. The molecule has 2 aliphatic heterocycles. The minimum absolute atomic E-state index is 0.202. The van der Waals surface area contributed by atoms with Crippen molar-refractivity contribution in [2.45, 2.75) is 51.2 Å². The van der Waals surface area contributed by atoms with Crippen LogP contribution in [0.3, 0.4) is 0 Å². The van der Waals surface area contributed by atoms with E-state index in [1.54, 1.807) is 11.9 Å². The molecule has 2 fully saturated rings. The maximum Gasteiger partial charge on any atom is 0.410 e. The van der Waals surface area contributed by atoms with Gasteiger partial charge in [0.05, 0.1) is 13.1 Å². The van der Waals surface area contributed by atoms with Crippen molar-refractivity contribution in [1.82, 2.24) is 20.0 Å². The molecule has 0 radical (unpaired) electrons. The number of carbonyl (C=O) groups is 1. The number of likely N-dealkylation sites (N-methyl/N-ethyl adjacent to an activating group) is 1. The van der Waals surface area contributed by atoms with Crippen LogP contribution in [0.15, 0.2) is 4.42 Å². The van der Waals surface area contributed by atoms with E-state index >= 15 is 0 Å². The van der Waals surface area contributed by atoms with E-state index < -0.39 is 0 Å². The summed E-state index contributed by atoms with van der Waals surface area (Å²) in [5.41, 5.74) is -0.307. The molecular formula is C15H24N4O3. The number of hydrogen-bond acceptors (Lipinski definition) is 6. The number of amides is 1. The predicted molar refractivity (Wildman–Crippen MR) is 79.4 cm³/mol. The van der Waals surface area contributed by atoms with Gasteiger partial charge >= 0.3 is 6.09 Å². The van der Waals surface area contributed by atoms with Gasteiger partial charge in [0.2, 0.25) is 11.8 Å². The molecule has 0 aliphatic carbocycles. The van der Waals surface area contributed by atoms with Gasteiger partial charge in [-0.1, -0.05) is 13.8 Å². The molecule has 2 aliphatic rings. The van der Waals surface area contributed by atoms with E-state index in [0.29, 0.717) is 24.9 Å². The lowest BCUT2D eigenvalue weighted by atomic mass is 9.95. The Morgan fingerprint density at radius 2 is 2.09 bits per heavy atom. The van der Waals surface area contributed by atoms with Gasteiger partial charge in [0.25, 0.3) is 0 Å². The zero-order chi connectivity index (χ0) is 15.7. The van der Waals surface area contributed by atoms with E-state index in [1.807, 2.05) is 13.8 Å². The predicted octanol–water partition coefficient (Wildman–Crippen LogP) is 2.00. The van der Waals surface area contributed by atoms with Gasteiger partial charge in [-0.3, -0.25) is 4.90 Å². The summed E-state index contributed by atoms with van der Waals surface area (Å²) in [6.07, 6.45) is 2.58. The topological polar surface area (TPSA) is 71.7 Å². The smallest absolute Gasteiger partial charge is 0.410 e. The molecule has 0 aromatic carbocycles. The first kappa shape index (κ1) is 15.3. The summed E-state index contributed by atoms with van der Waals surface area (Å²) in [7, 11) is 1.80. The number of likely N-dealkylation sites (tertiary alicyclic amines) is 1. The van der Waals surface area contributed by atoms with Crippen LogP contribution in [0.25, 0.3) is 0 Å². The summed E-state index contributed by atoms with van der Waals surface area (Å²) in [6.45, 7) is 7.27. The van der Waals surface area contributed by atoms with E-state index in [1.165, 1.54) is 0 Å². The Hall–Kier alpha value is -1.63.